The largest absolute Gasteiger partial charge is 0.481 e. The lowest BCUT2D eigenvalue weighted by Gasteiger charge is -2.08. The van der Waals surface area contributed by atoms with Crippen molar-refractivity contribution < 1.29 is 19.5 Å². The van der Waals surface area contributed by atoms with Crippen LogP contribution in [0.2, 0.25) is 0 Å². The number of carbonyl (C=O) groups is 3. The summed E-state index contributed by atoms with van der Waals surface area (Å²) >= 11 is 1.11. The molecule has 84 valence electrons. The quantitative estimate of drug-likeness (QED) is 0.774. The van der Waals surface area contributed by atoms with Crippen molar-refractivity contribution in [1.29, 1.82) is 0 Å². The Hall–Kier alpha value is -1.76. The lowest BCUT2D eigenvalue weighted by Crippen LogP contribution is -2.28. The predicted molar refractivity (Wildman–Crippen MR) is 55.2 cm³/mol. The van der Waals surface area contributed by atoms with Crippen LogP contribution >= 0.6 is 11.3 Å². The van der Waals surface area contributed by atoms with Crippen molar-refractivity contribution in [2.24, 2.45) is 0 Å². The second-order valence-corrected chi connectivity index (χ2v) is 4.15. The highest BCUT2D eigenvalue weighted by atomic mass is 32.1. The number of aromatic nitrogens is 1. The maximum absolute atomic E-state index is 11.4. The lowest BCUT2D eigenvalue weighted by atomic mass is 10.3. The average molecular weight is 240 g/mol. The third kappa shape index (κ3) is 1.94. The summed E-state index contributed by atoms with van der Waals surface area (Å²) < 4.78 is 0. The van der Waals surface area contributed by atoms with E-state index in [1.165, 1.54) is 0 Å². The number of carboxylic acid groups (broad SMARTS) is 1. The van der Waals surface area contributed by atoms with Gasteiger partial charge in [0.15, 0.2) is 5.13 Å². The Balaban J connectivity index is 2.21. The van der Waals surface area contributed by atoms with Gasteiger partial charge in [-0.25, -0.2) is 9.88 Å². The van der Waals surface area contributed by atoms with E-state index in [1.807, 2.05) is 0 Å². The van der Waals surface area contributed by atoms with Gasteiger partial charge in [0, 0.05) is 18.2 Å². The van der Waals surface area contributed by atoms with Gasteiger partial charge in [0.2, 0.25) is 11.8 Å². The molecule has 0 saturated carbocycles. The molecule has 2 heterocycles. The second kappa shape index (κ2) is 4.01. The predicted octanol–water partition coefficient (Wildman–Crippen LogP) is 0.424. The van der Waals surface area contributed by atoms with E-state index in [1.54, 1.807) is 5.38 Å². The fourth-order valence-corrected chi connectivity index (χ4v) is 2.28. The molecule has 1 aliphatic heterocycles. The normalized spacial score (nSPS) is 15.9. The van der Waals surface area contributed by atoms with E-state index in [2.05, 4.69) is 4.98 Å². The van der Waals surface area contributed by atoms with Gasteiger partial charge in [-0.3, -0.25) is 14.4 Å². The fraction of sp³-hybridized carbons (Fsp3) is 0.333. The van der Waals surface area contributed by atoms with Gasteiger partial charge in [-0.2, -0.15) is 0 Å². The van der Waals surface area contributed by atoms with E-state index in [0.29, 0.717) is 5.69 Å². The summed E-state index contributed by atoms with van der Waals surface area (Å²) in [4.78, 5) is 38.2. The van der Waals surface area contributed by atoms with Crippen molar-refractivity contribution in [3.8, 4) is 0 Å². The number of aliphatic carboxylic acids is 1. The molecular formula is C9H8N2O4S. The van der Waals surface area contributed by atoms with Gasteiger partial charge in [0.05, 0.1) is 12.1 Å². The zero-order valence-electron chi connectivity index (χ0n) is 8.17. The summed E-state index contributed by atoms with van der Waals surface area (Å²) in [5, 5.41) is 10.4. The Morgan fingerprint density at radius 3 is 2.62 bits per heavy atom. The number of nitrogens with zero attached hydrogens (tertiary/aromatic N) is 2. The Kier molecular flexibility index (Phi) is 2.69. The van der Waals surface area contributed by atoms with Gasteiger partial charge in [-0.05, 0) is 0 Å². The standard InChI is InChI=1S/C9H8N2O4S/c12-6-1-2-7(13)11(6)9-10-5(4-16-9)3-8(14)15/h4H,1-3H2,(H,14,15). The van der Waals surface area contributed by atoms with Crippen LogP contribution in [0.25, 0.3) is 0 Å². The summed E-state index contributed by atoms with van der Waals surface area (Å²) in [6.07, 6.45) is 0.200. The van der Waals surface area contributed by atoms with Gasteiger partial charge in [-0.1, -0.05) is 0 Å². The Bertz CT molecular complexity index is 452. The number of imide groups is 1. The molecule has 0 aliphatic carbocycles. The van der Waals surface area contributed by atoms with E-state index < -0.39 is 5.97 Å². The molecule has 0 aromatic carbocycles. The zero-order valence-corrected chi connectivity index (χ0v) is 8.99. The Morgan fingerprint density at radius 1 is 1.44 bits per heavy atom. The van der Waals surface area contributed by atoms with Crippen LogP contribution in [0, 0.1) is 0 Å². The Morgan fingerprint density at radius 2 is 2.06 bits per heavy atom. The molecule has 0 unspecified atom stereocenters. The highest BCUT2D eigenvalue weighted by Crippen LogP contribution is 2.26. The van der Waals surface area contributed by atoms with Gasteiger partial charge in [0.25, 0.3) is 0 Å². The lowest BCUT2D eigenvalue weighted by molar-refractivity contribution is -0.136. The first-order chi connectivity index (χ1) is 7.58. The number of carbonyl (C=O) groups excluding carboxylic acids is 2. The average Bonchev–Trinajstić information content (AvgIpc) is 2.73. The molecule has 0 radical (unpaired) electrons. The maximum Gasteiger partial charge on any atom is 0.309 e. The highest BCUT2D eigenvalue weighted by molar-refractivity contribution is 7.14. The molecule has 7 heteroatoms. The number of anilines is 1. The summed E-state index contributed by atoms with van der Waals surface area (Å²) in [7, 11) is 0. The zero-order chi connectivity index (χ0) is 11.7. The van der Waals surface area contributed by atoms with Crippen LogP contribution in [0.15, 0.2) is 5.38 Å². The molecule has 2 amide bonds. The minimum absolute atomic E-state index is 0.201. The number of hydrogen-bond donors (Lipinski definition) is 1. The smallest absolute Gasteiger partial charge is 0.309 e. The second-order valence-electron chi connectivity index (χ2n) is 3.31. The maximum atomic E-state index is 11.4. The first kappa shape index (κ1) is 10.7. The molecular weight excluding hydrogens is 232 g/mol. The van der Waals surface area contributed by atoms with Gasteiger partial charge in [0.1, 0.15) is 0 Å². The van der Waals surface area contributed by atoms with Crippen LogP contribution in [0.3, 0.4) is 0 Å². The van der Waals surface area contributed by atoms with Crippen molar-refractivity contribution in [3.05, 3.63) is 11.1 Å². The van der Waals surface area contributed by atoms with Crippen LogP contribution in [0.4, 0.5) is 5.13 Å². The molecule has 6 nitrogen and oxygen atoms in total. The molecule has 2 rings (SSSR count). The Labute approximate surface area is 94.5 Å². The van der Waals surface area contributed by atoms with E-state index in [4.69, 9.17) is 5.11 Å². The van der Waals surface area contributed by atoms with Gasteiger partial charge < -0.3 is 5.11 Å². The monoisotopic (exact) mass is 240 g/mol. The van der Waals surface area contributed by atoms with Crippen molar-refractivity contribution in [3.63, 3.8) is 0 Å². The van der Waals surface area contributed by atoms with Gasteiger partial charge >= 0.3 is 5.97 Å². The number of rotatable bonds is 3. The van der Waals surface area contributed by atoms with Crippen LogP contribution in [0.5, 0.6) is 0 Å². The van der Waals surface area contributed by atoms with Crippen molar-refractivity contribution >= 4 is 34.3 Å². The topological polar surface area (TPSA) is 87.6 Å². The molecule has 0 bridgehead atoms. The summed E-state index contributed by atoms with van der Waals surface area (Å²) in [5.41, 5.74) is 0.361. The van der Waals surface area contributed by atoms with E-state index in [9.17, 15) is 14.4 Å². The summed E-state index contributed by atoms with van der Waals surface area (Å²) in [5.74, 6) is -1.54. The molecule has 1 fully saturated rings. The first-order valence-corrected chi connectivity index (χ1v) is 5.48. The summed E-state index contributed by atoms with van der Waals surface area (Å²) in [6, 6.07) is 0. The van der Waals surface area contributed by atoms with E-state index in [0.717, 1.165) is 16.2 Å². The van der Waals surface area contributed by atoms with Gasteiger partial charge in [-0.15, -0.1) is 11.3 Å². The third-order valence-electron chi connectivity index (χ3n) is 2.11. The van der Waals surface area contributed by atoms with Crippen molar-refractivity contribution in [1.82, 2.24) is 4.98 Å². The van der Waals surface area contributed by atoms with Crippen LogP contribution < -0.4 is 4.90 Å². The molecule has 1 aromatic heterocycles. The van der Waals surface area contributed by atoms with Crippen molar-refractivity contribution in [2.75, 3.05) is 4.90 Å². The van der Waals surface area contributed by atoms with E-state index >= 15 is 0 Å². The number of hydrogen-bond acceptors (Lipinski definition) is 5. The molecule has 1 N–H and O–H groups in total. The number of carboxylic acids is 1. The molecule has 1 aliphatic rings. The van der Waals surface area contributed by atoms with E-state index in [-0.39, 0.29) is 36.2 Å². The molecule has 1 aromatic rings. The van der Waals surface area contributed by atoms with Crippen LogP contribution in [0.1, 0.15) is 18.5 Å². The van der Waals surface area contributed by atoms with Crippen molar-refractivity contribution in [2.45, 2.75) is 19.3 Å². The minimum Gasteiger partial charge on any atom is -0.481 e. The highest BCUT2D eigenvalue weighted by Gasteiger charge is 2.32. The SMILES string of the molecule is O=C(O)Cc1csc(N2C(=O)CCC2=O)n1. The first-order valence-electron chi connectivity index (χ1n) is 4.60. The number of amides is 2. The number of thiazole rings is 1. The van der Waals surface area contributed by atoms with Crippen LogP contribution in [-0.4, -0.2) is 27.9 Å². The fourth-order valence-electron chi connectivity index (χ4n) is 1.43. The minimum atomic E-state index is -0.990. The third-order valence-corrected chi connectivity index (χ3v) is 2.99. The molecule has 1 saturated heterocycles. The molecule has 0 atom stereocenters. The molecule has 0 spiro atoms. The summed E-state index contributed by atoms with van der Waals surface area (Å²) in [6.45, 7) is 0. The molecule has 16 heavy (non-hydrogen) atoms. The van der Waals surface area contributed by atoms with Crippen LogP contribution in [-0.2, 0) is 20.8 Å².